The van der Waals surface area contributed by atoms with Crippen molar-refractivity contribution in [2.24, 2.45) is 0 Å². The number of likely N-dealkylation sites (N-methyl/N-ethyl adjacent to an activating group) is 1. The quantitative estimate of drug-likeness (QED) is 0.568. The smallest absolute Gasteiger partial charge is 0.351 e. The summed E-state index contributed by atoms with van der Waals surface area (Å²) < 4.78 is 5.47. The first kappa shape index (κ1) is 19.8. The second-order valence-electron chi connectivity index (χ2n) is 6.27. The van der Waals surface area contributed by atoms with Crippen LogP contribution in [0.5, 0.6) is 0 Å². The van der Waals surface area contributed by atoms with Gasteiger partial charge >= 0.3 is 5.97 Å². The molecule has 1 heterocycles. The van der Waals surface area contributed by atoms with E-state index in [0.29, 0.717) is 17.1 Å². The Hall–Kier alpha value is -2.99. The van der Waals surface area contributed by atoms with E-state index in [0.717, 1.165) is 16.3 Å². The molecule has 0 aliphatic rings. The number of carbonyl (C=O) groups is 2. The summed E-state index contributed by atoms with van der Waals surface area (Å²) in [6.45, 7) is 5.75. The average Bonchev–Trinajstić information content (AvgIpc) is 3.11. The number of anilines is 1. The van der Waals surface area contributed by atoms with Crippen LogP contribution in [0.4, 0.5) is 5.69 Å². The number of ether oxygens (including phenoxy) is 1. The van der Waals surface area contributed by atoms with Crippen LogP contribution in [0.1, 0.15) is 29.2 Å². The summed E-state index contributed by atoms with van der Waals surface area (Å²) in [5.41, 5.74) is 2.32. The van der Waals surface area contributed by atoms with Crippen molar-refractivity contribution < 1.29 is 14.3 Å². The summed E-state index contributed by atoms with van der Waals surface area (Å²) in [5, 5.41) is 0.753. The maximum atomic E-state index is 12.8. The molecule has 0 saturated heterocycles. The molecule has 0 N–H and O–H groups in total. The van der Waals surface area contributed by atoms with Crippen molar-refractivity contribution in [3.63, 3.8) is 0 Å². The zero-order chi connectivity index (χ0) is 20.1. The molecule has 0 fully saturated rings. The van der Waals surface area contributed by atoms with Crippen LogP contribution in [0.3, 0.4) is 0 Å². The van der Waals surface area contributed by atoms with E-state index in [-0.39, 0.29) is 5.91 Å². The number of thiazole rings is 1. The molecule has 2 aromatic carbocycles. The number of aromatic nitrogens is 1. The Morgan fingerprint density at radius 1 is 1.07 bits per heavy atom. The van der Waals surface area contributed by atoms with Crippen LogP contribution in [-0.4, -0.2) is 29.5 Å². The van der Waals surface area contributed by atoms with Crippen molar-refractivity contribution in [1.82, 2.24) is 4.98 Å². The standard InChI is InChI=1S/C22H22N2O3S/c1-4-24(18-13-9-6-10-14-18)21(25)16(3)27-22(26)19-15(2)23-20(28-19)17-11-7-5-8-12-17/h5-14,16H,4H2,1-3H3/t16-/m0/s1. The summed E-state index contributed by atoms with van der Waals surface area (Å²) in [6.07, 6.45) is -0.894. The minimum Gasteiger partial charge on any atom is -0.448 e. The molecular weight excluding hydrogens is 372 g/mol. The van der Waals surface area contributed by atoms with Gasteiger partial charge < -0.3 is 9.64 Å². The molecule has 1 aromatic heterocycles. The van der Waals surface area contributed by atoms with Crippen LogP contribution in [0.15, 0.2) is 60.7 Å². The van der Waals surface area contributed by atoms with E-state index in [2.05, 4.69) is 4.98 Å². The zero-order valence-electron chi connectivity index (χ0n) is 16.1. The summed E-state index contributed by atoms with van der Waals surface area (Å²) in [7, 11) is 0. The van der Waals surface area contributed by atoms with Gasteiger partial charge in [-0.15, -0.1) is 11.3 Å². The van der Waals surface area contributed by atoms with E-state index in [4.69, 9.17) is 4.74 Å². The molecule has 0 unspecified atom stereocenters. The lowest BCUT2D eigenvalue weighted by molar-refractivity contribution is -0.126. The first-order valence-corrected chi connectivity index (χ1v) is 9.93. The molecule has 0 aliphatic carbocycles. The number of aryl methyl sites for hydroxylation is 1. The molecule has 6 heteroatoms. The van der Waals surface area contributed by atoms with Crippen molar-refractivity contribution in [3.05, 3.63) is 71.2 Å². The normalized spacial score (nSPS) is 11.7. The average molecular weight is 394 g/mol. The number of carbonyl (C=O) groups excluding carboxylic acids is 2. The maximum absolute atomic E-state index is 12.8. The van der Waals surface area contributed by atoms with Crippen molar-refractivity contribution in [2.45, 2.75) is 26.9 Å². The molecule has 1 atom stereocenters. The fraction of sp³-hybridized carbons (Fsp3) is 0.227. The first-order chi connectivity index (χ1) is 13.5. The monoisotopic (exact) mass is 394 g/mol. The number of nitrogens with zero attached hydrogens (tertiary/aromatic N) is 2. The minimum atomic E-state index is -0.894. The van der Waals surface area contributed by atoms with Gasteiger partial charge in [0.05, 0.1) is 5.69 Å². The molecule has 144 valence electrons. The second kappa shape index (κ2) is 8.80. The van der Waals surface area contributed by atoms with Gasteiger partial charge in [0.15, 0.2) is 6.10 Å². The van der Waals surface area contributed by atoms with Crippen LogP contribution >= 0.6 is 11.3 Å². The number of rotatable bonds is 6. The van der Waals surface area contributed by atoms with Gasteiger partial charge in [0.1, 0.15) is 9.88 Å². The third-order valence-electron chi connectivity index (χ3n) is 4.28. The van der Waals surface area contributed by atoms with Crippen LogP contribution in [-0.2, 0) is 9.53 Å². The molecule has 0 bridgehead atoms. The molecule has 0 spiro atoms. The number of esters is 1. The van der Waals surface area contributed by atoms with Gasteiger partial charge in [-0.3, -0.25) is 4.79 Å². The Morgan fingerprint density at radius 3 is 2.29 bits per heavy atom. The lowest BCUT2D eigenvalue weighted by atomic mass is 10.2. The molecule has 28 heavy (non-hydrogen) atoms. The summed E-state index contributed by atoms with van der Waals surface area (Å²) in [6, 6.07) is 19.0. The number of para-hydroxylation sites is 1. The molecule has 0 radical (unpaired) electrons. The molecule has 0 saturated carbocycles. The highest BCUT2D eigenvalue weighted by molar-refractivity contribution is 7.17. The van der Waals surface area contributed by atoms with E-state index in [1.165, 1.54) is 11.3 Å². The van der Waals surface area contributed by atoms with Crippen LogP contribution in [0, 0.1) is 6.92 Å². The minimum absolute atomic E-state index is 0.257. The lowest BCUT2D eigenvalue weighted by Gasteiger charge is -2.24. The summed E-state index contributed by atoms with van der Waals surface area (Å²) >= 11 is 1.27. The maximum Gasteiger partial charge on any atom is 0.351 e. The SMILES string of the molecule is CCN(C(=O)[C@H](C)OC(=O)c1sc(-c2ccccc2)nc1C)c1ccccc1. The van der Waals surface area contributed by atoms with Gasteiger partial charge in [-0.25, -0.2) is 9.78 Å². The Labute approximate surface area is 168 Å². The van der Waals surface area contributed by atoms with Crippen molar-refractivity contribution >= 4 is 28.9 Å². The largest absolute Gasteiger partial charge is 0.448 e. The topological polar surface area (TPSA) is 59.5 Å². The molecule has 3 rings (SSSR count). The van der Waals surface area contributed by atoms with E-state index in [1.807, 2.05) is 67.6 Å². The Morgan fingerprint density at radius 2 is 1.68 bits per heavy atom. The molecular formula is C22H22N2O3S. The van der Waals surface area contributed by atoms with Crippen molar-refractivity contribution in [1.29, 1.82) is 0 Å². The highest BCUT2D eigenvalue weighted by Gasteiger charge is 2.26. The fourth-order valence-electron chi connectivity index (χ4n) is 2.85. The zero-order valence-corrected chi connectivity index (χ0v) is 16.9. The molecule has 5 nitrogen and oxygen atoms in total. The highest BCUT2D eigenvalue weighted by Crippen LogP contribution is 2.28. The molecule has 1 amide bonds. The predicted octanol–water partition coefficient (Wildman–Crippen LogP) is 4.72. The first-order valence-electron chi connectivity index (χ1n) is 9.11. The fourth-order valence-corrected chi connectivity index (χ4v) is 3.80. The third-order valence-corrected chi connectivity index (χ3v) is 5.47. The van der Waals surface area contributed by atoms with Crippen LogP contribution in [0.2, 0.25) is 0 Å². The predicted molar refractivity (Wildman–Crippen MR) is 112 cm³/mol. The van der Waals surface area contributed by atoms with Gasteiger partial charge in [-0.05, 0) is 32.9 Å². The van der Waals surface area contributed by atoms with Crippen LogP contribution < -0.4 is 4.90 Å². The van der Waals surface area contributed by atoms with E-state index >= 15 is 0 Å². The van der Waals surface area contributed by atoms with Gasteiger partial charge in [-0.1, -0.05) is 48.5 Å². The highest BCUT2D eigenvalue weighted by atomic mass is 32.1. The Bertz CT molecular complexity index is 954. The Kier molecular flexibility index (Phi) is 6.21. The Balaban J connectivity index is 1.74. The van der Waals surface area contributed by atoms with Gasteiger partial charge in [0.2, 0.25) is 0 Å². The summed E-state index contributed by atoms with van der Waals surface area (Å²) in [4.78, 5) is 31.9. The number of hydrogen-bond acceptors (Lipinski definition) is 5. The number of amides is 1. The van der Waals surface area contributed by atoms with Gasteiger partial charge in [0.25, 0.3) is 5.91 Å². The lowest BCUT2D eigenvalue weighted by Crippen LogP contribution is -2.40. The van der Waals surface area contributed by atoms with Crippen molar-refractivity contribution in [3.8, 4) is 10.6 Å². The number of hydrogen-bond donors (Lipinski definition) is 0. The van der Waals surface area contributed by atoms with E-state index < -0.39 is 12.1 Å². The third kappa shape index (κ3) is 4.28. The summed E-state index contributed by atoms with van der Waals surface area (Å²) in [5.74, 6) is -0.783. The van der Waals surface area contributed by atoms with Crippen molar-refractivity contribution in [2.75, 3.05) is 11.4 Å². The van der Waals surface area contributed by atoms with Gasteiger partial charge in [-0.2, -0.15) is 0 Å². The van der Waals surface area contributed by atoms with E-state index in [1.54, 1.807) is 18.7 Å². The second-order valence-corrected chi connectivity index (χ2v) is 7.26. The molecule has 0 aliphatic heterocycles. The van der Waals surface area contributed by atoms with E-state index in [9.17, 15) is 9.59 Å². The van der Waals surface area contributed by atoms with Gasteiger partial charge in [0, 0.05) is 17.8 Å². The molecule has 3 aromatic rings. The van der Waals surface area contributed by atoms with Crippen LogP contribution in [0.25, 0.3) is 10.6 Å². The number of benzene rings is 2.